The molecule has 0 radical (unpaired) electrons. The van der Waals surface area contributed by atoms with Gasteiger partial charge in [-0.1, -0.05) is 69.3 Å². The Balaban J connectivity index is 1.26. The van der Waals surface area contributed by atoms with Crippen LogP contribution in [0.5, 0.6) is 0 Å². The minimum Gasteiger partial charge on any atom is -0.365 e. The van der Waals surface area contributed by atoms with Crippen LogP contribution in [-0.2, 0) is 10.2 Å². The van der Waals surface area contributed by atoms with Crippen LogP contribution in [0.25, 0.3) is 0 Å². The number of ether oxygens (including phenoxy) is 1. The maximum absolute atomic E-state index is 13.5. The summed E-state index contributed by atoms with van der Waals surface area (Å²) in [7, 11) is 0. The lowest BCUT2D eigenvalue weighted by Crippen LogP contribution is -2.38. The molecule has 0 bridgehead atoms. The Kier molecular flexibility index (Phi) is 8.88. The van der Waals surface area contributed by atoms with Crippen LogP contribution in [0.1, 0.15) is 79.6 Å². The van der Waals surface area contributed by atoms with E-state index in [0.717, 1.165) is 55.6 Å². The average molecular weight is 506 g/mol. The van der Waals surface area contributed by atoms with Crippen molar-refractivity contribution in [1.29, 1.82) is 0 Å². The summed E-state index contributed by atoms with van der Waals surface area (Å²) < 4.78 is 33.5. The van der Waals surface area contributed by atoms with E-state index < -0.39 is 0 Å². The fourth-order valence-corrected chi connectivity index (χ4v) is 4.85. The highest BCUT2D eigenvalue weighted by Gasteiger charge is 2.25. The molecule has 0 saturated carbocycles. The Morgan fingerprint density at radius 3 is 1.86 bits per heavy atom. The van der Waals surface area contributed by atoms with Crippen LogP contribution in [-0.4, -0.2) is 36.4 Å². The fourth-order valence-electron chi connectivity index (χ4n) is 4.85. The summed E-state index contributed by atoms with van der Waals surface area (Å²) in [5.74, 6) is -0.397. The van der Waals surface area contributed by atoms with Gasteiger partial charge in [-0.3, -0.25) is 4.79 Å². The van der Waals surface area contributed by atoms with E-state index in [9.17, 15) is 13.6 Å². The molecule has 1 heterocycles. The first-order chi connectivity index (χ1) is 17.7. The van der Waals surface area contributed by atoms with E-state index in [-0.39, 0.29) is 35.0 Å². The first kappa shape index (κ1) is 27.2. The SMILES string of the molecule is CC(C)(C)c1ccc(C(=O)CCCN2CCC(OC(c3ccc(F)cc3)c3ccc(F)cc3)CC2)cc1. The van der Waals surface area contributed by atoms with E-state index in [0.29, 0.717) is 6.42 Å². The zero-order valence-electron chi connectivity index (χ0n) is 22.1. The van der Waals surface area contributed by atoms with E-state index >= 15 is 0 Å². The molecule has 196 valence electrons. The van der Waals surface area contributed by atoms with Gasteiger partial charge in [-0.2, -0.15) is 0 Å². The molecule has 1 saturated heterocycles. The number of likely N-dealkylation sites (tertiary alicyclic amines) is 1. The highest BCUT2D eigenvalue weighted by molar-refractivity contribution is 5.96. The van der Waals surface area contributed by atoms with Crippen molar-refractivity contribution in [3.05, 3.63) is 107 Å². The van der Waals surface area contributed by atoms with Gasteiger partial charge in [0, 0.05) is 25.1 Å². The number of carbonyl (C=O) groups is 1. The number of carbonyl (C=O) groups excluding carboxylic acids is 1. The third-order valence-corrected chi connectivity index (χ3v) is 7.16. The monoisotopic (exact) mass is 505 g/mol. The lowest BCUT2D eigenvalue weighted by molar-refractivity contribution is -0.0270. The predicted molar refractivity (Wildman–Crippen MR) is 144 cm³/mol. The second kappa shape index (κ2) is 12.1. The quantitative estimate of drug-likeness (QED) is 0.282. The van der Waals surface area contributed by atoms with Crippen LogP contribution >= 0.6 is 0 Å². The first-order valence-corrected chi connectivity index (χ1v) is 13.2. The van der Waals surface area contributed by atoms with E-state index in [1.165, 1.54) is 29.8 Å². The summed E-state index contributed by atoms with van der Waals surface area (Å²) in [5, 5.41) is 0. The molecule has 3 aromatic rings. The minimum absolute atomic E-state index is 0.0549. The van der Waals surface area contributed by atoms with Crippen molar-refractivity contribution >= 4 is 5.78 Å². The van der Waals surface area contributed by atoms with Gasteiger partial charge in [0.05, 0.1) is 6.10 Å². The number of halogens is 2. The zero-order chi connectivity index (χ0) is 26.4. The second-order valence-corrected chi connectivity index (χ2v) is 11.0. The highest BCUT2D eigenvalue weighted by atomic mass is 19.1. The number of hydrogen-bond donors (Lipinski definition) is 0. The number of ketones is 1. The maximum Gasteiger partial charge on any atom is 0.162 e. The van der Waals surface area contributed by atoms with Gasteiger partial charge in [-0.25, -0.2) is 8.78 Å². The van der Waals surface area contributed by atoms with Gasteiger partial charge in [0.2, 0.25) is 0 Å². The molecule has 0 aliphatic carbocycles. The molecule has 37 heavy (non-hydrogen) atoms. The molecule has 1 aliphatic heterocycles. The van der Waals surface area contributed by atoms with Gasteiger partial charge in [-0.15, -0.1) is 0 Å². The molecular formula is C32H37F2NO2. The summed E-state index contributed by atoms with van der Waals surface area (Å²) in [5.41, 5.74) is 3.80. The van der Waals surface area contributed by atoms with E-state index in [2.05, 4.69) is 37.8 Å². The fraction of sp³-hybridized carbons (Fsp3) is 0.406. The van der Waals surface area contributed by atoms with Crippen molar-refractivity contribution in [3.8, 4) is 0 Å². The summed E-state index contributed by atoms with van der Waals surface area (Å²) in [6.07, 6.45) is 2.81. The number of hydrogen-bond acceptors (Lipinski definition) is 3. The minimum atomic E-state index is -0.375. The Bertz CT molecular complexity index is 1100. The third kappa shape index (κ3) is 7.56. The van der Waals surface area contributed by atoms with E-state index in [4.69, 9.17) is 4.74 Å². The molecule has 0 spiro atoms. The highest BCUT2D eigenvalue weighted by Crippen LogP contribution is 2.30. The van der Waals surface area contributed by atoms with Crippen molar-refractivity contribution in [3.63, 3.8) is 0 Å². The van der Waals surface area contributed by atoms with Gasteiger partial charge < -0.3 is 9.64 Å². The molecule has 1 aliphatic rings. The molecular weight excluding hydrogens is 468 g/mol. The lowest BCUT2D eigenvalue weighted by atomic mass is 9.86. The van der Waals surface area contributed by atoms with E-state index in [1.54, 1.807) is 24.3 Å². The standard InChI is InChI=1S/C32H37F2NO2/c1-32(2,3)26-12-6-23(7-13-26)30(36)5-4-20-35-21-18-29(19-22-35)37-31(24-8-14-27(33)15-9-24)25-10-16-28(34)17-11-25/h6-17,29,31H,4-5,18-22H2,1-3H3. The maximum atomic E-state index is 13.5. The molecule has 1 fully saturated rings. The molecule has 0 atom stereocenters. The lowest BCUT2D eigenvalue weighted by Gasteiger charge is -2.34. The van der Waals surface area contributed by atoms with Gasteiger partial charge in [0.15, 0.2) is 5.78 Å². The average Bonchev–Trinajstić information content (AvgIpc) is 2.89. The topological polar surface area (TPSA) is 29.5 Å². The number of piperidine rings is 1. The van der Waals surface area contributed by atoms with Crippen molar-refractivity contribution in [2.24, 2.45) is 0 Å². The smallest absolute Gasteiger partial charge is 0.162 e. The summed E-state index contributed by atoms with van der Waals surface area (Å²) in [4.78, 5) is 15.0. The van der Waals surface area contributed by atoms with Crippen LogP contribution in [0.15, 0.2) is 72.8 Å². The van der Waals surface area contributed by atoms with Gasteiger partial charge in [-0.05, 0) is 72.2 Å². The third-order valence-electron chi connectivity index (χ3n) is 7.16. The van der Waals surface area contributed by atoms with Crippen molar-refractivity contribution in [2.75, 3.05) is 19.6 Å². The molecule has 0 N–H and O–H groups in total. The van der Waals surface area contributed by atoms with E-state index in [1.807, 2.05) is 12.1 Å². The van der Waals surface area contributed by atoms with Crippen LogP contribution < -0.4 is 0 Å². The van der Waals surface area contributed by atoms with Crippen LogP contribution in [0.2, 0.25) is 0 Å². The molecule has 0 aromatic heterocycles. The Morgan fingerprint density at radius 1 is 0.865 bits per heavy atom. The molecule has 5 heteroatoms. The Morgan fingerprint density at radius 2 is 1.38 bits per heavy atom. The van der Waals surface area contributed by atoms with Crippen molar-refractivity contribution < 1.29 is 18.3 Å². The molecule has 3 aromatic carbocycles. The number of Topliss-reactive ketones (excluding diaryl/α,β-unsaturated/α-hetero) is 1. The first-order valence-electron chi connectivity index (χ1n) is 13.2. The van der Waals surface area contributed by atoms with Crippen LogP contribution in [0, 0.1) is 11.6 Å². The molecule has 4 rings (SSSR count). The van der Waals surface area contributed by atoms with Gasteiger partial charge >= 0.3 is 0 Å². The Hall–Kier alpha value is -2.89. The molecule has 0 amide bonds. The molecule has 0 unspecified atom stereocenters. The zero-order valence-corrected chi connectivity index (χ0v) is 22.1. The summed E-state index contributed by atoms with van der Waals surface area (Å²) in [6.45, 7) is 9.20. The number of benzene rings is 3. The number of nitrogens with zero attached hydrogens (tertiary/aromatic N) is 1. The summed E-state index contributed by atoms with van der Waals surface area (Å²) in [6, 6.07) is 20.6. The van der Waals surface area contributed by atoms with Crippen molar-refractivity contribution in [2.45, 2.75) is 64.1 Å². The number of rotatable bonds is 9. The normalized spacial score (nSPS) is 15.3. The Labute approximate surface area is 219 Å². The van der Waals surface area contributed by atoms with Gasteiger partial charge in [0.1, 0.15) is 17.7 Å². The van der Waals surface area contributed by atoms with Gasteiger partial charge in [0.25, 0.3) is 0 Å². The second-order valence-electron chi connectivity index (χ2n) is 11.0. The summed E-state index contributed by atoms with van der Waals surface area (Å²) >= 11 is 0. The van der Waals surface area contributed by atoms with Crippen LogP contribution in [0.3, 0.4) is 0 Å². The van der Waals surface area contributed by atoms with Crippen LogP contribution in [0.4, 0.5) is 8.78 Å². The molecule has 3 nitrogen and oxygen atoms in total. The largest absolute Gasteiger partial charge is 0.365 e. The van der Waals surface area contributed by atoms with Crippen molar-refractivity contribution in [1.82, 2.24) is 4.90 Å². The predicted octanol–water partition coefficient (Wildman–Crippen LogP) is 7.50.